The number of hydrogen-bond acceptors (Lipinski definition) is 7. The molecule has 1 aliphatic rings. The van der Waals surface area contributed by atoms with E-state index in [9.17, 15) is 13.6 Å². The lowest BCUT2D eigenvalue weighted by Crippen LogP contribution is -2.39. The van der Waals surface area contributed by atoms with Gasteiger partial charge in [0.25, 0.3) is 0 Å². The predicted molar refractivity (Wildman–Crippen MR) is 100 cm³/mol. The van der Waals surface area contributed by atoms with Gasteiger partial charge in [-0.25, -0.2) is 4.98 Å². The van der Waals surface area contributed by atoms with Crippen molar-refractivity contribution >= 4 is 22.4 Å². The van der Waals surface area contributed by atoms with Crippen molar-refractivity contribution in [1.82, 2.24) is 4.98 Å². The SMILES string of the molecule is C=CCc1ccc(OC(F)F)c(OC2CC(C(=O)OCc3csc(N)n3)C2)c1. The molecule has 28 heavy (non-hydrogen) atoms. The first-order valence-electron chi connectivity index (χ1n) is 8.66. The minimum absolute atomic E-state index is 0.0324. The monoisotopic (exact) mass is 410 g/mol. The maximum atomic E-state index is 12.6. The van der Waals surface area contributed by atoms with E-state index in [-0.39, 0.29) is 36.1 Å². The number of anilines is 1. The number of allylic oxidation sites excluding steroid dienone is 1. The van der Waals surface area contributed by atoms with Crippen molar-refractivity contribution in [3.8, 4) is 11.5 Å². The fourth-order valence-electron chi connectivity index (χ4n) is 2.82. The second-order valence-corrected chi connectivity index (χ2v) is 7.24. The van der Waals surface area contributed by atoms with Crippen LogP contribution in [-0.2, 0) is 22.6 Å². The molecule has 0 radical (unpaired) electrons. The van der Waals surface area contributed by atoms with Gasteiger partial charge in [-0.1, -0.05) is 12.1 Å². The van der Waals surface area contributed by atoms with Gasteiger partial charge in [0.1, 0.15) is 12.7 Å². The van der Waals surface area contributed by atoms with Crippen molar-refractivity contribution in [3.63, 3.8) is 0 Å². The molecule has 1 heterocycles. The number of alkyl halides is 2. The Kier molecular flexibility index (Phi) is 6.45. The smallest absolute Gasteiger partial charge is 0.387 e. The Morgan fingerprint density at radius 2 is 2.18 bits per heavy atom. The third-order valence-electron chi connectivity index (χ3n) is 4.26. The second kappa shape index (κ2) is 9.01. The molecule has 2 N–H and O–H groups in total. The Morgan fingerprint density at radius 1 is 1.39 bits per heavy atom. The number of rotatable bonds is 9. The number of hydrogen-bond donors (Lipinski definition) is 1. The fraction of sp³-hybridized carbons (Fsp3) is 0.368. The molecule has 1 fully saturated rings. The Hall–Kier alpha value is -2.68. The molecule has 3 rings (SSSR count). The van der Waals surface area contributed by atoms with E-state index in [2.05, 4.69) is 16.3 Å². The van der Waals surface area contributed by atoms with Crippen molar-refractivity contribution in [2.24, 2.45) is 5.92 Å². The van der Waals surface area contributed by atoms with Crippen molar-refractivity contribution in [3.05, 3.63) is 47.5 Å². The van der Waals surface area contributed by atoms with Crippen LogP contribution in [0.15, 0.2) is 36.2 Å². The molecule has 0 unspecified atom stereocenters. The van der Waals surface area contributed by atoms with Crippen LogP contribution in [0.2, 0.25) is 0 Å². The molecule has 0 amide bonds. The first-order chi connectivity index (χ1) is 13.4. The fourth-order valence-corrected chi connectivity index (χ4v) is 3.36. The van der Waals surface area contributed by atoms with E-state index in [4.69, 9.17) is 15.2 Å². The molecule has 6 nitrogen and oxygen atoms in total. The highest BCUT2D eigenvalue weighted by atomic mass is 32.1. The van der Waals surface area contributed by atoms with Gasteiger partial charge in [-0.3, -0.25) is 4.79 Å². The van der Waals surface area contributed by atoms with E-state index in [1.165, 1.54) is 17.4 Å². The number of thiazole rings is 1. The topological polar surface area (TPSA) is 83.7 Å². The third kappa shape index (κ3) is 5.19. The van der Waals surface area contributed by atoms with E-state index < -0.39 is 6.61 Å². The number of benzene rings is 1. The molecule has 0 aliphatic heterocycles. The summed E-state index contributed by atoms with van der Waals surface area (Å²) in [5, 5.41) is 2.15. The lowest BCUT2D eigenvalue weighted by atomic mass is 9.82. The van der Waals surface area contributed by atoms with Gasteiger partial charge < -0.3 is 19.9 Å². The highest BCUT2D eigenvalue weighted by molar-refractivity contribution is 7.13. The van der Waals surface area contributed by atoms with Crippen molar-refractivity contribution < 1.29 is 27.8 Å². The Morgan fingerprint density at radius 3 is 2.82 bits per heavy atom. The number of carbonyl (C=O) groups excluding carboxylic acids is 1. The maximum Gasteiger partial charge on any atom is 0.387 e. The van der Waals surface area contributed by atoms with Crippen LogP contribution in [0.3, 0.4) is 0 Å². The van der Waals surface area contributed by atoms with E-state index in [0.717, 1.165) is 5.56 Å². The number of nitrogens with two attached hydrogens (primary N) is 1. The zero-order chi connectivity index (χ0) is 20.1. The normalized spacial score (nSPS) is 18.4. The molecule has 1 aromatic carbocycles. The van der Waals surface area contributed by atoms with E-state index >= 15 is 0 Å². The number of aromatic nitrogens is 1. The summed E-state index contributed by atoms with van der Waals surface area (Å²) in [6, 6.07) is 4.78. The largest absolute Gasteiger partial charge is 0.486 e. The van der Waals surface area contributed by atoms with Crippen LogP contribution in [0.1, 0.15) is 24.1 Å². The van der Waals surface area contributed by atoms with Crippen molar-refractivity contribution in [1.29, 1.82) is 0 Å². The molecule has 1 saturated carbocycles. The van der Waals surface area contributed by atoms with Gasteiger partial charge in [0, 0.05) is 5.38 Å². The van der Waals surface area contributed by atoms with Crippen LogP contribution in [0.4, 0.5) is 13.9 Å². The van der Waals surface area contributed by atoms with Crippen molar-refractivity contribution in [2.75, 3.05) is 5.73 Å². The summed E-state index contributed by atoms with van der Waals surface area (Å²) in [4.78, 5) is 16.1. The average molecular weight is 410 g/mol. The third-order valence-corrected chi connectivity index (χ3v) is 4.98. The number of nitrogen functional groups attached to an aromatic ring is 1. The highest BCUT2D eigenvalue weighted by Gasteiger charge is 2.38. The molecular formula is C19H20F2N2O4S. The van der Waals surface area contributed by atoms with E-state index in [1.54, 1.807) is 23.6 Å². The van der Waals surface area contributed by atoms with Crippen LogP contribution in [0.25, 0.3) is 0 Å². The molecule has 0 atom stereocenters. The molecule has 150 valence electrons. The Bertz CT molecular complexity index is 837. The number of ether oxygens (including phenoxy) is 3. The summed E-state index contributed by atoms with van der Waals surface area (Å²) in [7, 11) is 0. The summed E-state index contributed by atoms with van der Waals surface area (Å²) >= 11 is 1.28. The number of nitrogens with zero attached hydrogens (tertiary/aromatic N) is 1. The molecule has 9 heteroatoms. The minimum Gasteiger partial charge on any atom is -0.486 e. The van der Waals surface area contributed by atoms with Gasteiger partial charge in [-0.15, -0.1) is 17.9 Å². The number of halogens is 2. The molecular weight excluding hydrogens is 390 g/mol. The summed E-state index contributed by atoms with van der Waals surface area (Å²) in [6.07, 6.45) is 2.89. The molecule has 1 aromatic heterocycles. The summed E-state index contributed by atoms with van der Waals surface area (Å²) < 4.78 is 40.8. The predicted octanol–water partition coefficient (Wildman–Crippen LogP) is 3.96. The van der Waals surface area contributed by atoms with Crippen LogP contribution in [0.5, 0.6) is 11.5 Å². The standard InChI is InChI=1S/C19H20F2N2O4S/c1-2-3-11-4-5-15(27-18(20)21)16(6-11)26-14-7-12(8-14)17(24)25-9-13-10-28-19(22)23-13/h2,4-6,10,12,14,18H,1,3,7-9H2,(H2,22,23). The summed E-state index contributed by atoms with van der Waals surface area (Å²) in [6.45, 7) is 0.787. The quantitative estimate of drug-likeness (QED) is 0.498. The van der Waals surface area contributed by atoms with Crippen LogP contribution >= 0.6 is 11.3 Å². The summed E-state index contributed by atoms with van der Waals surface area (Å²) in [5.74, 6) is -0.433. The Labute approximate surface area is 164 Å². The van der Waals surface area contributed by atoms with Crippen LogP contribution in [0, 0.1) is 5.92 Å². The zero-order valence-corrected chi connectivity index (χ0v) is 15.8. The van der Waals surface area contributed by atoms with Gasteiger partial charge >= 0.3 is 12.6 Å². The average Bonchev–Trinajstić information content (AvgIpc) is 3.03. The molecule has 1 aliphatic carbocycles. The highest BCUT2D eigenvalue weighted by Crippen LogP contribution is 2.37. The van der Waals surface area contributed by atoms with E-state index in [0.29, 0.717) is 30.1 Å². The summed E-state index contributed by atoms with van der Waals surface area (Å²) in [5.41, 5.74) is 7.01. The lowest BCUT2D eigenvalue weighted by Gasteiger charge is -2.34. The zero-order valence-electron chi connectivity index (χ0n) is 15.0. The first kappa shape index (κ1) is 20.1. The van der Waals surface area contributed by atoms with Crippen LogP contribution in [-0.4, -0.2) is 23.7 Å². The molecule has 0 saturated heterocycles. The van der Waals surface area contributed by atoms with Gasteiger partial charge in [-0.2, -0.15) is 8.78 Å². The van der Waals surface area contributed by atoms with Gasteiger partial charge in [-0.05, 0) is 37.0 Å². The molecule has 0 spiro atoms. The first-order valence-corrected chi connectivity index (χ1v) is 9.54. The number of carbonyl (C=O) groups is 1. The maximum absolute atomic E-state index is 12.6. The van der Waals surface area contributed by atoms with Gasteiger partial charge in [0.05, 0.1) is 11.6 Å². The number of esters is 1. The molecule has 2 aromatic rings. The van der Waals surface area contributed by atoms with Gasteiger partial charge in [0.2, 0.25) is 0 Å². The molecule has 0 bridgehead atoms. The second-order valence-electron chi connectivity index (χ2n) is 6.35. The minimum atomic E-state index is -2.95. The Balaban J connectivity index is 1.53. The lowest BCUT2D eigenvalue weighted by molar-refractivity contribution is -0.156. The van der Waals surface area contributed by atoms with Gasteiger partial charge in [0.15, 0.2) is 16.6 Å². The van der Waals surface area contributed by atoms with E-state index in [1.807, 2.05) is 0 Å². The van der Waals surface area contributed by atoms with Crippen LogP contribution < -0.4 is 15.2 Å². The van der Waals surface area contributed by atoms with Crippen molar-refractivity contribution in [2.45, 2.75) is 38.6 Å².